The number of aromatic nitrogens is 2. The number of nitrogens with one attached hydrogen (secondary N) is 2. The lowest BCUT2D eigenvalue weighted by Crippen LogP contribution is -2.36. The fourth-order valence-electron chi connectivity index (χ4n) is 2.40. The van der Waals surface area contributed by atoms with Crippen molar-refractivity contribution < 1.29 is 4.39 Å². The molecule has 1 aliphatic heterocycles. The maximum Gasteiger partial charge on any atom is 0.201 e. The lowest BCUT2D eigenvalue weighted by Gasteiger charge is -2.29. The fourth-order valence-corrected chi connectivity index (χ4v) is 2.40. The Morgan fingerprint density at radius 1 is 1.39 bits per heavy atom. The summed E-state index contributed by atoms with van der Waals surface area (Å²) in [7, 11) is 2.14. The number of benzene rings is 1. The Balaban J connectivity index is 1.74. The number of H-pyrrole nitrogens is 1. The Morgan fingerprint density at radius 3 is 2.94 bits per heavy atom. The monoisotopic (exact) mass is 248 g/mol. The van der Waals surface area contributed by atoms with Crippen LogP contribution in [0.4, 0.5) is 10.3 Å². The van der Waals surface area contributed by atoms with Gasteiger partial charge in [0, 0.05) is 6.04 Å². The number of piperidine rings is 1. The van der Waals surface area contributed by atoms with Crippen LogP contribution in [-0.2, 0) is 0 Å². The van der Waals surface area contributed by atoms with E-state index in [1.807, 2.05) is 0 Å². The van der Waals surface area contributed by atoms with E-state index < -0.39 is 0 Å². The summed E-state index contributed by atoms with van der Waals surface area (Å²) in [6.45, 7) is 2.21. The molecule has 1 saturated heterocycles. The lowest BCUT2D eigenvalue weighted by molar-refractivity contribution is 0.263. The zero-order valence-electron chi connectivity index (χ0n) is 10.4. The van der Waals surface area contributed by atoms with Crippen molar-refractivity contribution in [1.29, 1.82) is 0 Å². The van der Waals surface area contributed by atoms with Crippen LogP contribution < -0.4 is 5.32 Å². The van der Waals surface area contributed by atoms with Gasteiger partial charge in [-0.3, -0.25) is 0 Å². The number of anilines is 1. The molecule has 0 spiro atoms. The largest absolute Gasteiger partial charge is 0.353 e. The first-order valence-electron chi connectivity index (χ1n) is 6.31. The Bertz CT molecular complexity index is 543. The number of aromatic amines is 1. The molecule has 1 aromatic heterocycles. The molecule has 2 N–H and O–H groups in total. The van der Waals surface area contributed by atoms with E-state index in [4.69, 9.17) is 0 Å². The molecule has 0 amide bonds. The number of imidazole rings is 1. The maximum atomic E-state index is 13.1. The van der Waals surface area contributed by atoms with Gasteiger partial charge in [-0.15, -0.1) is 0 Å². The molecule has 18 heavy (non-hydrogen) atoms. The van der Waals surface area contributed by atoms with Crippen LogP contribution in [0, 0.1) is 5.82 Å². The molecular formula is C13H17FN4. The molecule has 3 rings (SSSR count). The molecule has 1 aromatic carbocycles. The minimum absolute atomic E-state index is 0.239. The van der Waals surface area contributed by atoms with Gasteiger partial charge in [0.05, 0.1) is 11.0 Å². The molecule has 5 heteroatoms. The summed E-state index contributed by atoms with van der Waals surface area (Å²) < 4.78 is 13.1. The van der Waals surface area contributed by atoms with Crippen LogP contribution in [0.2, 0.25) is 0 Å². The molecule has 0 radical (unpaired) electrons. The number of likely N-dealkylation sites (tertiary alicyclic amines) is 1. The predicted octanol–water partition coefficient (Wildman–Crippen LogP) is 2.21. The first-order chi connectivity index (χ1) is 8.70. The van der Waals surface area contributed by atoms with Crippen LogP contribution in [0.5, 0.6) is 0 Å². The van der Waals surface area contributed by atoms with Crippen molar-refractivity contribution in [2.75, 3.05) is 25.5 Å². The molecule has 4 nitrogen and oxygen atoms in total. The second-order valence-corrected chi connectivity index (χ2v) is 4.97. The molecule has 0 bridgehead atoms. The maximum absolute atomic E-state index is 13.1. The number of hydrogen-bond donors (Lipinski definition) is 2. The highest BCUT2D eigenvalue weighted by Crippen LogP contribution is 2.18. The van der Waals surface area contributed by atoms with E-state index in [9.17, 15) is 4.39 Å². The summed E-state index contributed by atoms with van der Waals surface area (Å²) >= 11 is 0. The third-order valence-corrected chi connectivity index (χ3v) is 3.50. The lowest BCUT2D eigenvalue weighted by atomic mass is 10.1. The zero-order valence-corrected chi connectivity index (χ0v) is 10.4. The first kappa shape index (κ1) is 11.5. The Hall–Kier alpha value is -1.62. The number of hydrogen-bond acceptors (Lipinski definition) is 3. The van der Waals surface area contributed by atoms with Crippen molar-refractivity contribution in [3.05, 3.63) is 24.0 Å². The van der Waals surface area contributed by atoms with Crippen molar-refractivity contribution in [2.45, 2.75) is 18.9 Å². The average molecular weight is 248 g/mol. The van der Waals surface area contributed by atoms with Crippen LogP contribution >= 0.6 is 0 Å². The van der Waals surface area contributed by atoms with Crippen molar-refractivity contribution in [3.63, 3.8) is 0 Å². The summed E-state index contributed by atoms with van der Waals surface area (Å²) in [6, 6.07) is 5.05. The van der Waals surface area contributed by atoms with Crippen molar-refractivity contribution in [3.8, 4) is 0 Å². The minimum Gasteiger partial charge on any atom is -0.353 e. The third-order valence-electron chi connectivity index (χ3n) is 3.50. The van der Waals surface area contributed by atoms with Crippen LogP contribution in [0.3, 0.4) is 0 Å². The van der Waals surface area contributed by atoms with Gasteiger partial charge in [0.1, 0.15) is 5.82 Å². The van der Waals surface area contributed by atoms with E-state index in [2.05, 4.69) is 27.2 Å². The van der Waals surface area contributed by atoms with Gasteiger partial charge in [0.2, 0.25) is 5.95 Å². The molecule has 2 heterocycles. The van der Waals surface area contributed by atoms with Gasteiger partial charge in [-0.05, 0) is 51.2 Å². The first-order valence-corrected chi connectivity index (χ1v) is 6.31. The summed E-state index contributed by atoms with van der Waals surface area (Å²) in [5.74, 6) is 0.502. The van der Waals surface area contributed by atoms with Crippen molar-refractivity contribution in [2.24, 2.45) is 0 Å². The molecule has 0 unspecified atom stereocenters. The van der Waals surface area contributed by atoms with E-state index >= 15 is 0 Å². The van der Waals surface area contributed by atoms with Gasteiger partial charge >= 0.3 is 0 Å². The van der Waals surface area contributed by atoms with E-state index in [1.54, 1.807) is 6.07 Å². The van der Waals surface area contributed by atoms with E-state index in [0.717, 1.165) is 42.9 Å². The highest BCUT2D eigenvalue weighted by Gasteiger charge is 2.17. The Kier molecular flexibility index (Phi) is 2.91. The molecule has 1 aliphatic rings. The van der Waals surface area contributed by atoms with Gasteiger partial charge < -0.3 is 15.2 Å². The molecule has 0 aliphatic carbocycles. The van der Waals surface area contributed by atoms with E-state index in [1.165, 1.54) is 12.1 Å². The molecule has 1 fully saturated rings. The van der Waals surface area contributed by atoms with E-state index in [0.29, 0.717) is 6.04 Å². The van der Waals surface area contributed by atoms with Crippen LogP contribution in [0.15, 0.2) is 18.2 Å². The van der Waals surface area contributed by atoms with Crippen molar-refractivity contribution >= 4 is 17.0 Å². The molecule has 2 aromatic rings. The Morgan fingerprint density at radius 2 is 2.17 bits per heavy atom. The topological polar surface area (TPSA) is 44.0 Å². The highest BCUT2D eigenvalue weighted by molar-refractivity contribution is 5.77. The predicted molar refractivity (Wildman–Crippen MR) is 70.2 cm³/mol. The minimum atomic E-state index is -0.239. The van der Waals surface area contributed by atoms with Crippen molar-refractivity contribution in [1.82, 2.24) is 14.9 Å². The Labute approximate surface area is 105 Å². The molecule has 0 atom stereocenters. The van der Waals surface area contributed by atoms with Gasteiger partial charge in [-0.2, -0.15) is 0 Å². The summed E-state index contributed by atoms with van der Waals surface area (Å²) in [6.07, 6.45) is 2.23. The van der Waals surface area contributed by atoms with Crippen LogP contribution in [0.25, 0.3) is 11.0 Å². The third kappa shape index (κ3) is 2.31. The quantitative estimate of drug-likeness (QED) is 0.856. The standard InChI is InChI=1S/C13H17FN4/c1-18-6-4-10(5-7-18)15-13-16-11-3-2-9(14)8-12(11)17-13/h2-3,8,10H,4-7H2,1H3,(H2,15,16,17). The summed E-state index contributed by atoms with van der Waals surface area (Å²) in [5.41, 5.74) is 1.54. The molecule has 0 saturated carbocycles. The number of rotatable bonds is 2. The number of nitrogens with zero attached hydrogens (tertiary/aromatic N) is 2. The fraction of sp³-hybridized carbons (Fsp3) is 0.462. The second-order valence-electron chi connectivity index (χ2n) is 4.97. The summed E-state index contributed by atoms with van der Waals surface area (Å²) in [4.78, 5) is 9.86. The van der Waals surface area contributed by atoms with Gasteiger partial charge in [-0.1, -0.05) is 0 Å². The zero-order chi connectivity index (χ0) is 12.5. The second kappa shape index (κ2) is 4.57. The van der Waals surface area contributed by atoms with Gasteiger partial charge in [-0.25, -0.2) is 9.37 Å². The molecule has 96 valence electrons. The van der Waals surface area contributed by atoms with E-state index in [-0.39, 0.29) is 5.82 Å². The summed E-state index contributed by atoms with van der Waals surface area (Å²) in [5, 5.41) is 3.39. The highest BCUT2D eigenvalue weighted by atomic mass is 19.1. The SMILES string of the molecule is CN1CCC(Nc2nc3ccc(F)cc3[nH]2)CC1. The normalized spacial score (nSPS) is 18.3. The van der Waals surface area contributed by atoms with Crippen LogP contribution in [-0.4, -0.2) is 41.0 Å². The van der Waals surface area contributed by atoms with Crippen LogP contribution in [0.1, 0.15) is 12.8 Å². The smallest absolute Gasteiger partial charge is 0.201 e. The number of fused-ring (bicyclic) bond motifs is 1. The van der Waals surface area contributed by atoms with Gasteiger partial charge in [0.15, 0.2) is 0 Å². The number of halogens is 1. The molecular weight excluding hydrogens is 231 g/mol. The van der Waals surface area contributed by atoms with Gasteiger partial charge in [0.25, 0.3) is 0 Å². The average Bonchev–Trinajstić information content (AvgIpc) is 2.73.